The molecule has 0 radical (unpaired) electrons. The third kappa shape index (κ3) is 81.0. The van der Waals surface area contributed by atoms with Crippen LogP contribution in [0.4, 0.5) is 0 Å². The SMILES string of the molecule is CCCCCCCCCCCCCCCCCCCC(=O)O[C@H](COC(=O)CCCCCCCCCCC(C)CC)COP(=O)(O)OC[C@H](O)COP(=O)(O)OC[C@@H](COC(=O)CCCCCCCCCCCCCCCCCC(C)C)OC(=O)CCCCCCCCCCCCCCCCCCCCC(C)CC. The summed E-state index contributed by atoms with van der Waals surface area (Å²) in [7, 11) is -9.94. The van der Waals surface area contributed by atoms with E-state index in [-0.39, 0.29) is 25.7 Å². The van der Waals surface area contributed by atoms with Crippen molar-refractivity contribution in [2.45, 2.75) is 497 Å². The Morgan fingerprint density at radius 2 is 0.468 bits per heavy atom. The smallest absolute Gasteiger partial charge is 0.462 e. The average molecular weight is 1590 g/mol. The lowest BCUT2D eigenvalue weighted by atomic mass is 9.99. The Morgan fingerprint density at radius 1 is 0.266 bits per heavy atom. The van der Waals surface area contributed by atoms with Crippen LogP contribution in [0.15, 0.2) is 0 Å². The van der Waals surface area contributed by atoms with Crippen molar-refractivity contribution in [3.8, 4) is 0 Å². The molecule has 0 rings (SSSR count). The van der Waals surface area contributed by atoms with Gasteiger partial charge in [-0.05, 0) is 43.4 Å². The molecule has 19 heteroatoms. The number of phosphoric ester groups is 2. The van der Waals surface area contributed by atoms with Crippen LogP contribution in [0.25, 0.3) is 0 Å². The molecule has 3 N–H and O–H groups in total. The van der Waals surface area contributed by atoms with Gasteiger partial charge in [-0.15, -0.1) is 0 Å². The molecular weight excluding hydrogens is 1410 g/mol. The molecule has 648 valence electrons. The number of rotatable bonds is 88. The largest absolute Gasteiger partial charge is 0.472 e. The van der Waals surface area contributed by atoms with Gasteiger partial charge in [-0.2, -0.15) is 0 Å². The second kappa shape index (κ2) is 79.9. The van der Waals surface area contributed by atoms with E-state index in [0.29, 0.717) is 25.7 Å². The molecular formula is C90H176O17P2. The summed E-state index contributed by atoms with van der Waals surface area (Å²) in [4.78, 5) is 73.4. The average Bonchev–Trinajstić information content (AvgIpc) is 0.901. The van der Waals surface area contributed by atoms with E-state index < -0.39 is 97.5 Å². The Kier molecular flexibility index (Phi) is 78.5. The van der Waals surface area contributed by atoms with Crippen LogP contribution in [0.1, 0.15) is 479 Å². The van der Waals surface area contributed by atoms with Crippen molar-refractivity contribution in [3.05, 3.63) is 0 Å². The Labute approximate surface area is 670 Å². The first-order valence-electron chi connectivity index (χ1n) is 46.4. The van der Waals surface area contributed by atoms with Crippen LogP contribution in [0, 0.1) is 17.8 Å². The quantitative estimate of drug-likeness (QED) is 0.0222. The number of phosphoric acid groups is 2. The van der Waals surface area contributed by atoms with Gasteiger partial charge in [-0.25, -0.2) is 9.13 Å². The van der Waals surface area contributed by atoms with Gasteiger partial charge in [0.2, 0.25) is 0 Å². The van der Waals surface area contributed by atoms with Crippen molar-refractivity contribution < 1.29 is 80.2 Å². The predicted octanol–water partition coefficient (Wildman–Crippen LogP) is 27.6. The Hall–Kier alpha value is -1.94. The number of carbonyl (C=O) groups is 4. The summed E-state index contributed by atoms with van der Waals surface area (Å²) in [5.74, 6) is 0.356. The van der Waals surface area contributed by atoms with Gasteiger partial charge in [0.15, 0.2) is 12.2 Å². The molecule has 0 aromatic heterocycles. The normalized spacial score (nSPS) is 14.3. The molecule has 0 amide bonds. The minimum atomic E-state index is -4.97. The Morgan fingerprint density at radius 3 is 0.697 bits per heavy atom. The van der Waals surface area contributed by atoms with Crippen LogP contribution >= 0.6 is 15.6 Å². The zero-order valence-electron chi connectivity index (χ0n) is 72.0. The molecule has 0 aromatic rings. The number of hydrogen-bond acceptors (Lipinski definition) is 15. The van der Waals surface area contributed by atoms with Crippen LogP contribution in [0.2, 0.25) is 0 Å². The third-order valence-electron chi connectivity index (χ3n) is 21.9. The summed E-state index contributed by atoms with van der Waals surface area (Å²) in [6, 6.07) is 0. The van der Waals surface area contributed by atoms with Gasteiger partial charge in [-0.1, -0.05) is 427 Å². The highest BCUT2D eigenvalue weighted by molar-refractivity contribution is 7.47. The molecule has 0 spiro atoms. The van der Waals surface area contributed by atoms with Crippen molar-refractivity contribution in [1.29, 1.82) is 0 Å². The fraction of sp³-hybridized carbons (Fsp3) is 0.956. The standard InChI is InChI=1S/C90H176O17P2/c1-8-11-12-13-14-15-16-17-18-21-27-33-38-43-52-59-66-74-90(95)107-86(78-101-88(93)72-65-58-51-46-45-49-56-63-70-83(7)10-3)80-105-109(98,99)103-76-84(91)75-102-108(96,97)104-79-85(77-100-87(92)71-64-57-50-42-37-32-29-24-25-30-35-40-47-54-61-68-81(4)5)106-89(94)73-67-60-53-44-39-34-28-23-20-19-22-26-31-36-41-48-55-62-69-82(6)9-2/h81-86,91H,8-80H2,1-7H3,(H,96,97)(H,98,99)/t82?,83?,84-,85-,86-/m1/s1. The lowest BCUT2D eigenvalue weighted by Crippen LogP contribution is -2.30. The van der Waals surface area contributed by atoms with Crippen LogP contribution in [-0.2, 0) is 65.4 Å². The number of esters is 4. The maximum absolute atomic E-state index is 13.2. The fourth-order valence-corrected chi connectivity index (χ4v) is 15.6. The molecule has 0 aliphatic rings. The van der Waals surface area contributed by atoms with Crippen molar-refractivity contribution in [2.24, 2.45) is 17.8 Å². The summed E-state index contributed by atoms with van der Waals surface area (Å²) in [5.41, 5.74) is 0. The van der Waals surface area contributed by atoms with Gasteiger partial charge in [0, 0.05) is 25.7 Å². The van der Waals surface area contributed by atoms with Gasteiger partial charge < -0.3 is 33.8 Å². The first kappa shape index (κ1) is 107. The maximum Gasteiger partial charge on any atom is 0.472 e. The second-order valence-corrected chi connectivity index (χ2v) is 36.2. The van der Waals surface area contributed by atoms with E-state index in [9.17, 15) is 43.2 Å². The molecule has 0 aliphatic heterocycles. The van der Waals surface area contributed by atoms with Crippen LogP contribution in [0.5, 0.6) is 0 Å². The maximum atomic E-state index is 13.2. The molecule has 4 unspecified atom stereocenters. The van der Waals surface area contributed by atoms with E-state index in [1.165, 1.54) is 289 Å². The number of aliphatic hydroxyl groups is 1. The van der Waals surface area contributed by atoms with Crippen LogP contribution in [0.3, 0.4) is 0 Å². The molecule has 109 heavy (non-hydrogen) atoms. The van der Waals surface area contributed by atoms with E-state index in [2.05, 4.69) is 48.5 Å². The summed E-state index contributed by atoms with van der Waals surface area (Å²) < 4.78 is 69.1. The van der Waals surface area contributed by atoms with Crippen LogP contribution < -0.4 is 0 Å². The zero-order valence-corrected chi connectivity index (χ0v) is 73.8. The van der Waals surface area contributed by atoms with Crippen molar-refractivity contribution in [1.82, 2.24) is 0 Å². The van der Waals surface area contributed by atoms with Gasteiger partial charge >= 0.3 is 39.5 Å². The molecule has 0 aromatic carbocycles. The molecule has 0 bridgehead atoms. The molecule has 7 atom stereocenters. The number of aliphatic hydroxyl groups excluding tert-OH is 1. The Bertz CT molecular complexity index is 2100. The molecule has 0 aliphatic carbocycles. The molecule has 0 fully saturated rings. The van der Waals surface area contributed by atoms with Gasteiger partial charge in [-0.3, -0.25) is 37.3 Å². The lowest BCUT2D eigenvalue weighted by Gasteiger charge is -2.21. The second-order valence-electron chi connectivity index (χ2n) is 33.3. The highest BCUT2D eigenvalue weighted by Gasteiger charge is 2.31. The van der Waals surface area contributed by atoms with E-state index in [4.69, 9.17) is 37.0 Å². The van der Waals surface area contributed by atoms with Crippen molar-refractivity contribution in [3.63, 3.8) is 0 Å². The summed E-state index contributed by atoms with van der Waals surface area (Å²) in [5, 5.41) is 10.7. The van der Waals surface area contributed by atoms with Gasteiger partial charge in [0.25, 0.3) is 0 Å². The number of ether oxygens (including phenoxy) is 4. The minimum Gasteiger partial charge on any atom is -0.462 e. The van der Waals surface area contributed by atoms with Crippen molar-refractivity contribution >= 4 is 39.5 Å². The summed E-state index contributed by atoms with van der Waals surface area (Å²) >= 11 is 0. The minimum absolute atomic E-state index is 0.108. The molecule has 0 heterocycles. The van der Waals surface area contributed by atoms with Gasteiger partial charge in [0.1, 0.15) is 19.3 Å². The fourth-order valence-electron chi connectivity index (χ4n) is 14.0. The van der Waals surface area contributed by atoms with Crippen LogP contribution in [-0.4, -0.2) is 96.7 Å². The number of unbranched alkanes of at least 4 members (excludes halogenated alkanes) is 54. The first-order valence-corrected chi connectivity index (χ1v) is 49.4. The molecule has 17 nitrogen and oxygen atoms in total. The summed E-state index contributed by atoms with van der Waals surface area (Å²) in [6.07, 6.45) is 72.1. The monoisotopic (exact) mass is 1590 g/mol. The van der Waals surface area contributed by atoms with E-state index in [1.807, 2.05) is 0 Å². The highest BCUT2D eigenvalue weighted by atomic mass is 31.2. The number of hydrogen-bond donors (Lipinski definition) is 3. The first-order chi connectivity index (χ1) is 52.8. The lowest BCUT2D eigenvalue weighted by molar-refractivity contribution is -0.161. The highest BCUT2D eigenvalue weighted by Crippen LogP contribution is 2.45. The van der Waals surface area contributed by atoms with Gasteiger partial charge in [0.05, 0.1) is 26.4 Å². The molecule has 0 saturated carbocycles. The Balaban J connectivity index is 5.25. The van der Waals surface area contributed by atoms with E-state index >= 15 is 0 Å². The van der Waals surface area contributed by atoms with Crippen molar-refractivity contribution in [2.75, 3.05) is 39.6 Å². The molecule has 0 saturated heterocycles. The third-order valence-corrected chi connectivity index (χ3v) is 23.8. The van der Waals surface area contributed by atoms with E-state index in [0.717, 1.165) is 108 Å². The number of carbonyl (C=O) groups excluding carboxylic acids is 4. The summed E-state index contributed by atoms with van der Waals surface area (Å²) in [6.45, 7) is 12.1. The zero-order chi connectivity index (χ0) is 80.0. The van der Waals surface area contributed by atoms with E-state index in [1.54, 1.807) is 0 Å². The topological polar surface area (TPSA) is 237 Å². The predicted molar refractivity (Wildman–Crippen MR) is 451 cm³/mol.